The van der Waals surface area contributed by atoms with Gasteiger partial charge >= 0.3 is 0 Å². The van der Waals surface area contributed by atoms with Crippen molar-refractivity contribution in [3.05, 3.63) is 58.7 Å². The molecule has 0 amide bonds. The number of methoxy groups -OCH3 is 1. The van der Waals surface area contributed by atoms with Crippen molar-refractivity contribution in [2.45, 2.75) is 38.6 Å². The molecule has 0 spiro atoms. The van der Waals surface area contributed by atoms with Crippen molar-refractivity contribution in [3.8, 4) is 5.75 Å². The Morgan fingerprint density at radius 1 is 1.23 bits per heavy atom. The molecule has 22 heavy (non-hydrogen) atoms. The molecule has 1 heterocycles. The number of benzene rings is 2. The smallest absolute Gasteiger partial charge is 0.119 e. The fourth-order valence-corrected chi connectivity index (χ4v) is 4.59. The van der Waals surface area contributed by atoms with Gasteiger partial charge in [-0.3, -0.25) is 0 Å². The Labute approximate surface area is 132 Å². The van der Waals surface area contributed by atoms with Crippen LogP contribution in [0.3, 0.4) is 0 Å². The lowest BCUT2D eigenvalue weighted by Gasteiger charge is -2.36. The van der Waals surface area contributed by atoms with Crippen molar-refractivity contribution in [3.63, 3.8) is 0 Å². The maximum atomic E-state index is 5.51. The molecular weight excluding hydrogens is 270 g/mol. The van der Waals surface area contributed by atoms with Crippen molar-refractivity contribution in [1.29, 1.82) is 0 Å². The van der Waals surface area contributed by atoms with Crippen molar-refractivity contribution < 1.29 is 4.74 Å². The highest BCUT2D eigenvalue weighted by Gasteiger charge is 2.54. The number of ether oxygens (including phenoxy) is 1. The summed E-state index contributed by atoms with van der Waals surface area (Å²) in [6, 6.07) is 13.3. The van der Waals surface area contributed by atoms with E-state index in [4.69, 9.17) is 4.74 Å². The third-order valence-corrected chi connectivity index (χ3v) is 5.63. The van der Waals surface area contributed by atoms with Crippen LogP contribution >= 0.6 is 0 Å². The van der Waals surface area contributed by atoms with Crippen LogP contribution in [0.4, 0.5) is 5.69 Å². The fourth-order valence-electron chi connectivity index (χ4n) is 4.59. The van der Waals surface area contributed by atoms with Gasteiger partial charge in [0.25, 0.3) is 0 Å². The minimum Gasteiger partial charge on any atom is -0.497 e. The molecule has 1 aliphatic carbocycles. The van der Waals surface area contributed by atoms with Gasteiger partial charge in [-0.2, -0.15) is 0 Å². The van der Waals surface area contributed by atoms with Gasteiger partial charge in [0.15, 0.2) is 0 Å². The molecule has 2 nitrogen and oxygen atoms in total. The van der Waals surface area contributed by atoms with Crippen LogP contribution in [0.25, 0.3) is 0 Å². The quantitative estimate of drug-likeness (QED) is 0.872. The topological polar surface area (TPSA) is 21.3 Å². The SMILES string of the molecule is COc1cc(C)c2c(c1)[C@@H]1Cc3ccccc3[C@]1(C(C)C)N2. The molecule has 2 atom stereocenters. The van der Waals surface area contributed by atoms with Gasteiger partial charge in [-0.25, -0.2) is 0 Å². The molecular formula is C20H23NO. The zero-order chi connectivity index (χ0) is 15.5. The number of hydrogen-bond acceptors (Lipinski definition) is 2. The lowest BCUT2D eigenvalue weighted by Crippen LogP contribution is -2.39. The maximum absolute atomic E-state index is 5.51. The molecule has 0 saturated carbocycles. The zero-order valence-corrected chi connectivity index (χ0v) is 13.7. The van der Waals surface area contributed by atoms with Gasteiger partial charge in [0, 0.05) is 11.6 Å². The standard InChI is InChI=1S/C20H23NO/c1-12(2)20-17-8-6-5-7-14(17)10-18(20)16-11-15(22-4)9-13(3)19(16)21-20/h5-9,11-12,18,21H,10H2,1-4H3/t18-,20-/m0/s1. The first-order chi connectivity index (χ1) is 10.6. The van der Waals surface area contributed by atoms with E-state index in [2.05, 4.69) is 62.5 Å². The summed E-state index contributed by atoms with van der Waals surface area (Å²) in [7, 11) is 1.75. The van der Waals surface area contributed by atoms with Crippen LogP contribution in [-0.4, -0.2) is 7.11 Å². The molecule has 1 N–H and O–H groups in total. The summed E-state index contributed by atoms with van der Waals surface area (Å²) < 4.78 is 5.51. The molecule has 0 aromatic heterocycles. The number of nitrogens with one attached hydrogen (secondary N) is 1. The fraction of sp³-hybridized carbons (Fsp3) is 0.400. The van der Waals surface area contributed by atoms with E-state index in [-0.39, 0.29) is 5.54 Å². The molecule has 2 heteroatoms. The summed E-state index contributed by atoms with van der Waals surface area (Å²) in [6.45, 7) is 6.84. The predicted molar refractivity (Wildman–Crippen MR) is 90.8 cm³/mol. The molecule has 0 saturated heterocycles. The Balaban J connectivity index is 1.95. The molecule has 2 aliphatic rings. The van der Waals surface area contributed by atoms with Crippen molar-refractivity contribution >= 4 is 5.69 Å². The van der Waals surface area contributed by atoms with E-state index in [1.807, 2.05) is 0 Å². The van der Waals surface area contributed by atoms with Crippen LogP contribution in [-0.2, 0) is 12.0 Å². The average molecular weight is 293 g/mol. The summed E-state index contributed by atoms with van der Waals surface area (Å²) in [5.74, 6) is 1.99. The molecule has 0 unspecified atom stereocenters. The summed E-state index contributed by atoms with van der Waals surface area (Å²) in [5, 5.41) is 3.93. The molecule has 4 rings (SSSR count). The molecule has 1 aliphatic heterocycles. The van der Waals surface area contributed by atoms with Crippen molar-refractivity contribution in [2.24, 2.45) is 5.92 Å². The molecule has 2 aromatic carbocycles. The van der Waals surface area contributed by atoms with Gasteiger partial charge in [0.1, 0.15) is 5.75 Å². The second kappa shape index (κ2) is 4.52. The van der Waals surface area contributed by atoms with Gasteiger partial charge < -0.3 is 10.1 Å². The first-order valence-corrected chi connectivity index (χ1v) is 8.13. The molecule has 2 aromatic rings. The lowest BCUT2D eigenvalue weighted by molar-refractivity contribution is 0.325. The highest BCUT2D eigenvalue weighted by Crippen LogP contribution is 2.59. The van der Waals surface area contributed by atoms with Gasteiger partial charge in [-0.15, -0.1) is 0 Å². The van der Waals surface area contributed by atoms with Gasteiger partial charge in [0.05, 0.1) is 12.6 Å². The Hall–Kier alpha value is -1.96. The summed E-state index contributed by atoms with van der Waals surface area (Å²) in [4.78, 5) is 0. The Bertz CT molecular complexity index is 749. The van der Waals surface area contributed by atoms with Gasteiger partial charge in [-0.05, 0) is 53.6 Å². The molecule has 0 radical (unpaired) electrons. The number of anilines is 1. The van der Waals surface area contributed by atoms with Crippen LogP contribution in [0.15, 0.2) is 36.4 Å². The van der Waals surface area contributed by atoms with Gasteiger partial charge in [-0.1, -0.05) is 38.1 Å². The second-order valence-electron chi connectivity index (χ2n) is 6.97. The predicted octanol–water partition coefficient (Wildman–Crippen LogP) is 4.62. The van der Waals surface area contributed by atoms with Crippen LogP contribution in [0.5, 0.6) is 5.75 Å². The van der Waals surface area contributed by atoms with Crippen molar-refractivity contribution in [2.75, 3.05) is 12.4 Å². The van der Waals surface area contributed by atoms with Crippen LogP contribution in [0.1, 0.15) is 42.0 Å². The number of rotatable bonds is 2. The lowest BCUT2D eigenvalue weighted by atomic mass is 9.75. The molecule has 114 valence electrons. The Kier molecular flexibility index (Phi) is 2.81. The Morgan fingerprint density at radius 3 is 2.73 bits per heavy atom. The first-order valence-electron chi connectivity index (χ1n) is 8.13. The highest BCUT2D eigenvalue weighted by molar-refractivity contribution is 5.72. The summed E-state index contributed by atoms with van der Waals surface area (Å²) in [6.07, 6.45) is 1.11. The average Bonchev–Trinajstić information content (AvgIpc) is 3.00. The van der Waals surface area contributed by atoms with E-state index < -0.39 is 0 Å². The number of fused-ring (bicyclic) bond motifs is 5. The number of aryl methyl sites for hydroxylation is 1. The van der Waals surface area contributed by atoms with Crippen LogP contribution in [0, 0.1) is 12.8 Å². The van der Waals surface area contributed by atoms with Gasteiger partial charge in [0.2, 0.25) is 0 Å². The number of hydrogen-bond donors (Lipinski definition) is 1. The third-order valence-electron chi connectivity index (χ3n) is 5.63. The van der Waals surface area contributed by atoms with Crippen molar-refractivity contribution in [1.82, 2.24) is 0 Å². The third kappa shape index (κ3) is 1.55. The first kappa shape index (κ1) is 13.7. The van der Waals surface area contributed by atoms with Crippen LogP contribution < -0.4 is 10.1 Å². The minimum atomic E-state index is 0.0239. The van der Waals surface area contributed by atoms with E-state index in [0.29, 0.717) is 11.8 Å². The molecule has 0 bridgehead atoms. The maximum Gasteiger partial charge on any atom is 0.119 e. The monoisotopic (exact) mass is 293 g/mol. The minimum absolute atomic E-state index is 0.0239. The van der Waals surface area contributed by atoms with E-state index >= 15 is 0 Å². The largest absolute Gasteiger partial charge is 0.497 e. The van der Waals surface area contributed by atoms with E-state index in [9.17, 15) is 0 Å². The zero-order valence-electron chi connectivity index (χ0n) is 13.7. The van der Waals surface area contributed by atoms with E-state index in [0.717, 1.165) is 12.2 Å². The second-order valence-corrected chi connectivity index (χ2v) is 6.97. The highest BCUT2D eigenvalue weighted by atomic mass is 16.5. The van der Waals surface area contributed by atoms with Crippen LogP contribution in [0.2, 0.25) is 0 Å². The van der Waals surface area contributed by atoms with E-state index in [1.165, 1.54) is 27.9 Å². The summed E-state index contributed by atoms with van der Waals surface area (Å²) in [5.41, 5.74) is 7.00. The van der Waals surface area contributed by atoms with E-state index in [1.54, 1.807) is 7.11 Å². The normalized spacial score (nSPS) is 24.7. The Morgan fingerprint density at radius 2 is 2.00 bits per heavy atom. The summed E-state index contributed by atoms with van der Waals surface area (Å²) >= 11 is 0. The molecule has 0 fully saturated rings.